The molecule has 22 heavy (non-hydrogen) atoms. The molecule has 0 unspecified atom stereocenters. The minimum absolute atomic E-state index is 0.240. The van der Waals surface area contributed by atoms with E-state index in [4.69, 9.17) is 13.9 Å². The van der Waals surface area contributed by atoms with Crippen LogP contribution < -0.4 is 9.47 Å². The number of nitrogens with zero attached hydrogens (tertiary/aromatic N) is 2. The summed E-state index contributed by atoms with van der Waals surface area (Å²) in [6, 6.07) is 15.2. The van der Waals surface area contributed by atoms with E-state index in [1.165, 1.54) is 0 Å². The van der Waals surface area contributed by atoms with E-state index in [0.717, 1.165) is 20.6 Å². The summed E-state index contributed by atoms with van der Waals surface area (Å²) in [6.07, 6.45) is 0. The Kier molecular flexibility index (Phi) is 4.57. The molecule has 1 aromatic heterocycles. The van der Waals surface area contributed by atoms with Gasteiger partial charge in [0.2, 0.25) is 5.89 Å². The Morgan fingerprint density at radius 3 is 2.32 bits per heavy atom. The summed E-state index contributed by atoms with van der Waals surface area (Å²) in [4.78, 5) is 0. The first-order chi connectivity index (χ1) is 10.7. The number of rotatable bonds is 5. The largest absolute Gasteiger partial charge is 0.497 e. The fraction of sp³-hybridized carbons (Fsp3) is 0.125. The van der Waals surface area contributed by atoms with Crippen molar-refractivity contribution in [3.8, 4) is 23.0 Å². The van der Waals surface area contributed by atoms with Crippen LogP contribution in [0.25, 0.3) is 11.5 Å². The van der Waals surface area contributed by atoms with Gasteiger partial charge < -0.3 is 13.9 Å². The molecular formula is C16H13IN2O3. The third-order valence-corrected chi connectivity index (χ3v) is 3.70. The highest BCUT2D eigenvalue weighted by Gasteiger charge is 2.09. The van der Waals surface area contributed by atoms with E-state index in [0.29, 0.717) is 11.8 Å². The van der Waals surface area contributed by atoms with Crippen LogP contribution in [0.15, 0.2) is 52.9 Å². The second-order valence-electron chi connectivity index (χ2n) is 4.47. The van der Waals surface area contributed by atoms with Crippen LogP contribution in [-0.4, -0.2) is 17.3 Å². The van der Waals surface area contributed by atoms with Gasteiger partial charge in [0.1, 0.15) is 11.5 Å². The van der Waals surface area contributed by atoms with Crippen molar-refractivity contribution < 1.29 is 13.9 Å². The van der Waals surface area contributed by atoms with Gasteiger partial charge in [-0.1, -0.05) is 0 Å². The van der Waals surface area contributed by atoms with Crippen molar-refractivity contribution in [3.05, 3.63) is 58.0 Å². The van der Waals surface area contributed by atoms with Crippen molar-refractivity contribution in [1.82, 2.24) is 10.2 Å². The minimum atomic E-state index is 0.240. The molecule has 0 aliphatic heterocycles. The van der Waals surface area contributed by atoms with Crippen molar-refractivity contribution in [1.29, 1.82) is 0 Å². The SMILES string of the molecule is COc1ccc(-c2nnc(COc3ccc(I)cc3)o2)cc1. The number of aromatic nitrogens is 2. The number of benzene rings is 2. The van der Waals surface area contributed by atoms with E-state index in [2.05, 4.69) is 32.8 Å². The Labute approximate surface area is 141 Å². The average Bonchev–Trinajstić information content (AvgIpc) is 3.03. The van der Waals surface area contributed by atoms with Crippen LogP contribution in [-0.2, 0) is 6.61 Å². The van der Waals surface area contributed by atoms with Crippen molar-refractivity contribution in [2.45, 2.75) is 6.61 Å². The molecule has 3 aromatic rings. The molecule has 5 nitrogen and oxygen atoms in total. The van der Waals surface area contributed by atoms with E-state index in [-0.39, 0.29) is 6.61 Å². The first-order valence-corrected chi connectivity index (χ1v) is 7.67. The number of methoxy groups -OCH3 is 1. The number of hydrogen-bond acceptors (Lipinski definition) is 5. The van der Waals surface area contributed by atoms with E-state index in [9.17, 15) is 0 Å². The lowest BCUT2D eigenvalue weighted by molar-refractivity contribution is 0.264. The highest BCUT2D eigenvalue weighted by Crippen LogP contribution is 2.22. The summed E-state index contributed by atoms with van der Waals surface area (Å²) >= 11 is 2.25. The average molecular weight is 408 g/mol. The summed E-state index contributed by atoms with van der Waals surface area (Å²) in [6.45, 7) is 0.240. The molecule has 1 heterocycles. The molecular weight excluding hydrogens is 395 g/mol. The molecule has 0 aliphatic carbocycles. The quantitative estimate of drug-likeness (QED) is 0.599. The van der Waals surface area contributed by atoms with E-state index >= 15 is 0 Å². The molecule has 0 saturated heterocycles. The smallest absolute Gasteiger partial charge is 0.254 e. The molecule has 2 aromatic carbocycles. The second-order valence-corrected chi connectivity index (χ2v) is 5.72. The molecule has 0 N–H and O–H groups in total. The lowest BCUT2D eigenvalue weighted by atomic mass is 10.2. The first kappa shape index (κ1) is 14.8. The highest BCUT2D eigenvalue weighted by molar-refractivity contribution is 14.1. The van der Waals surface area contributed by atoms with Gasteiger partial charge in [-0.15, -0.1) is 10.2 Å². The highest BCUT2D eigenvalue weighted by atomic mass is 127. The van der Waals surface area contributed by atoms with Gasteiger partial charge in [-0.2, -0.15) is 0 Å². The predicted molar refractivity (Wildman–Crippen MR) is 89.8 cm³/mol. The summed E-state index contributed by atoms with van der Waals surface area (Å²) in [5.74, 6) is 2.45. The monoisotopic (exact) mass is 408 g/mol. The summed E-state index contributed by atoms with van der Waals surface area (Å²) in [7, 11) is 1.63. The summed E-state index contributed by atoms with van der Waals surface area (Å²) in [5, 5.41) is 8.02. The summed E-state index contributed by atoms with van der Waals surface area (Å²) < 4.78 is 17.5. The van der Waals surface area contributed by atoms with Crippen LogP contribution in [0, 0.1) is 3.57 Å². The van der Waals surface area contributed by atoms with Crippen LogP contribution in [0.5, 0.6) is 11.5 Å². The fourth-order valence-electron chi connectivity index (χ4n) is 1.84. The fourth-order valence-corrected chi connectivity index (χ4v) is 2.20. The zero-order valence-electron chi connectivity index (χ0n) is 11.8. The zero-order chi connectivity index (χ0) is 15.4. The van der Waals surface area contributed by atoms with E-state index < -0.39 is 0 Å². The van der Waals surface area contributed by atoms with Crippen molar-refractivity contribution in [2.75, 3.05) is 7.11 Å². The second kappa shape index (κ2) is 6.78. The molecule has 0 fully saturated rings. The molecule has 0 saturated carbocycles. The van der Waals surface area contributed by atoms with Crippen LogP contribution in [0.3, 0.4) is 0 Å². The maximum absolute atomic E-state index is 5.61. The predicted octanol–water partition coefficient (Wildman–Crippen LogP) is 3.93. The first-order valence-electron chi connectivity index (χ1n) is 6.60. The molecule has 0 amide bonds. The van der Waals surface area contributed by atoms with Crippen molar-refractivity contribution in [2.24, 2.45) is 0 Å². The van der Waals surface area contributed by atoms with Crippen LogP contribution >= 0.6 is 22.6 Å². The van der Waals surface area contributed by atoms with Crippen molar-refractivity contribution in [3.63, 3.8) is 0 Å². The molecule has 6 heteroatoms. The Morgan fingerprint density at radius 1 is 0.955 bits per heavy atom. The van der Waals surface area contributed by atoms with Crippen LogP contribution in [0.4, 0.5) is 0 Å². The lowest BCUT2D eigenvalue weighted by Gasteiger charge is -2.02. The lowest BCUT2D eigenvalue weighted by Crippen LogP contribution is -1.95. The Bertz CT molecular complexity index is 739. The number of ether oxygens (including phenoxy) is 2. The molecule has 112 valence electrons. The molecule has 0 spiro atoms. The van der Waals surface area contributed by atoms with Gasteiger partial charge >= 0.3 is 0 Å². The number of hydrogen-bond donors (Lipinski definition) is 0. The Balaban J connectivity index is 1.66. The van der Waals surface area contributed by atoms with Gasteiger partial charge in [0, 0.05) is 9.13 Å². The Hall–Kier alpha value is -2.09. The molecule has 0 bridgehead atoms. The third kappa shape index (κ3) is 3.56. The van der Waals surface area contributed by atoms with E-state index in [1.54, 1.807) is 7.11 Å². The third-order valence-electron chi connectivity index (χ3n) is 2.98. The summed E-state index contributed by atoms with van der Waals surface area (Å²) in [5.41, 5.74) is 0.841. The topological polar surface area (TPSA) is 57.4 Å². The van der Waals surface area contributed by atoms with Gasteiger partial charge in [-0.3, -0.25) is 0 Å². The zero-order valence-corrected chi connectivity index (χ0v) is 14.0. The van der Waals surface area contributed by atoms with Gasteiger partial charge in [0.15, 0.2) is 6.61 Å². The van der Waals surface area contributed by atoms with Crippen LogP contribution in [0.1, 0.15) is 5.89 Å². The number of halogens is 1. The Morgan fingerprint density at radius 2 is 1.64 bits per heavy atom. The maximum atomic E-state index is 5.61. The van der Waals surface area contributed by atoms with Crippen LogP contribution in [0.2, 0.25) is 0 Å². The van der Waals surface area contributed by atoms with Gasteiger partial charge in [0.05, 0.1) is 7.11 Å². The van der Waals surface area contributed by atoms with Crippen molar-refractivity contribution >= 4 is 22.6 Å². The normalized spacial score (nSPS) is 10.5. The standard InChI is InChI=1S/C16H13IN2O3/c1-20-13-6-2-11(3-7-13)16-19-18-15(22-16)10-21-14-8-4-12(17)5-9-14/h2-9H,10H2,1H3. The van der Waals surface area contributed by atoms with E-state index in [1.807, 2.05) is 48.5 Å². The maximum Gasteiger partial charge on any atom is 0.254 e. The van der Waals surface area contributed by atoms with Gasteiger partial charge in [0.25, 0.3) is 5.89 Å². The molecule has 3 rings (SSSR count). The van der Waals surface area contributed by atoms with Gasteiger partial charge in [-0.05, 0) is 71.1 Å². The van der Waals surface area contributed by atoms with Gasteiger partial charge in [-0.25, -0.2) is 0 Å². The molecule has 0 radical (unpaired) electrons. The molecule has 0 aliphatic rings. The minimum Gasteiger partial charge on any atom is -0.497 e. The molecule has 0 atom stereocenters.